The van der Waals surface area contributed by atoms with Gasteiger partial charge in [-0.2, -0.15) is 0 Å². The van der Waals surface area contributed by atoms with Gasteiger partial charge in [0.25, 0.3) is 0 Å². The fourth-order valence-electron chi connectivity index (χ4n) is 4.33. The zero-order chi connectivity index (χ0) is 23.9. The molecule has 0 fully saturated rings. The molecule has 3 nitrogen and oxygen atoms in total. The predicted octanol–water partition coefficient (Wildman–Crippen LogP) is 5.12. The van der Waals surface area contributed by atoms with Crippen LogP contribution in [0, 0.1) is 0 Å². The highest BCUT2D eigenvalue weighted by atomic mass is 31.2. The fourth-order valence-corrected chi connectivity index (χ4v) is 9.96. The van der Waals surface area contributed by atoms with Crippen molar-refractivity contribution in [2.24, 2.45) is 5.73 Å². The highest BCUT2D eigenvalue weighted by molar-refractivity contribution is 7.79. The molecule has 0 aliphatic carbocycles. The smallest absolute Gasteiger partial charge is 0.143 e. The Balaban J connectivity index is 1.51. The Labute approximate surface area is 202 Å². The maximum absolute atomic E-state index is 14.3. The van der Waals surface area contributed by atoms with Gasteiger partial charge in [0.15, 0.2) is 0 Å². The van der Waals surface area contributed by atoms with Gasteiger partial charge in [0.1, 0.15) is 14.3 Å². The molecule has 4 aromatic carbocycles. The van der Waals surface area contributed by atoms with Crippen LogP contribution in [0.1, 0.15) is 12.8 Å². The number of benzene rings is 4. The van der Waals surface area contributed by atoms with Gasteiger partial charge in [0.05, 0.1) is 0 Å². The monoisotopic (exact) mass is 487 g/mol. The summed E-state index contributed by atoms with van der Waals surface area (Å²) in [5, 5.41) is 3.42. The van der Waals surface area contributed by atoms with Crippen molar-refractivity contribution in [1.82, 2.24) is 0 Å². The number of nitrogens with two attached hydrogens (primary N) is 1. The number of rotatable bonds is 10. The van der Waals surface area contributed by atoms with Crippen molar-refractivity contribution in [3.63, 3.8) is 0 Å². The molecule has 0 radical (unpaired) electrons. The molecule has 0 spiro atoms. The molecule has 0 bridgehead atoms. The molecule has 0 aliphatic rings. The summed E-state index contributed by atoms with van der Waals surface area (Å²) in [4.78, 5) is 0. The summed E-state index contributed by atoms with van der Waals surface area (Å²) in [5.41, 5.74) is 6.56. The summed E-state index contributed by atoms with van der Waals surface area (Å²) < 4.78 is 28.5. The van der Waals surface area contributed by atoms with E-state index in [2.05, 4.69) is 0 Å². The molecule has 0 saturated carbocycles. The first-order valence-corrected chi connectivity index (χ1v) is 15.5. The van der Waals surface area contributed by atoms with Crippen LogP contribution in [0.4, 0.5) is 0 Å². The van der Waals surface area contributed by atoms with Gasteiger partial charge in [0.2, 0.25) is 0 Å². The molecule has 174 valence electrons. The Morgan fingerprint density at radius 2 is 0.706 bits per heavy atom. The van der Waals surface area contributed by atoms with E-state index in [1.54, 1.807) is 0 Å². The zero-order valence-electron chi connectivity index (χ0n) is 19.2. The zero-order valence-corrected chi connectivity index (χ0v) is 21.0. The minimum atomic E-state index is -2.81. The SMILES string of the molecule is NC(CCP(=O)(c1ccccc1)c1ccccc1)CCP(=O)(c1ccccc1)c1ccccc1. The molecule has 0 heterocycles. The van der Waals surface area contributed by atoms with Crippen molar-refractivity contribution in [3.8, 4) is 0 Å². The molecule has 0 saturated heterocycles. The second-order valence-corrected chi connectivity index (χ2v) is 14.5. The first-order valence-electron chi connectivity index (χ1n) is 11.7. The van der Waals surface area contributed by atoms with Gasteiger partial charge < -0.3 is 14.9 Å². The highest BCUT2D eigenvalue weighted by Crippen LogP contribution is 2.46. The van der Waals surface area contributed by atoms with Crippen LogP contribution in [0.2, 0.25) is 0 Å². The van der Waals surface area contributed by atoms with Crippen LogP contribution in [0.5, 0.6) is 0 Å². The van der Waals surface area contributed by atoms with E-state index in [4.69, 9.17) is 5.73 Å². The van der Waals surface area contributed by atoms with Crippen molar-refractivity contribution in [2.75, 3.05) is 12.3 Å². The molecule has 4 rings (SSSR count). The molecule has 0 atom stereocenters. The Morgan fingerprint density at radius 3 is 0.941 bits per heavy atom. The van der Waals surface area contributed by atoms with Gasteiger partial charge in [0, 0.05) is 39.6 Å². The van der Waals surface area contributed by atoms with Gasteiger partial charge in [-0.3, -0.25) is 0 Å². The Kier molecular flexibility index (Phi) is 8.01. The van der Waals surface area contributed by atoms with E-state index in [1.165, 1.54) is 0 Å². The third-order valence-electron chi connectivity index (χ3n) is 6.32. The van der Waals surface area contributed by atoms with Crippen molar-refractivity contribution < 1.29 is 9.13 Å². The summed E-state index contributed by atoms with van der Waals surface area (Å²) in [6.45, 7) is 0. The van der Waals surface area contributed by atoms with Gasteiger partial charge in [-0.15, -0.1) is 0 Å². The molecule has 0 unspecified atom stereocenters. The van der Waals surface area contributed by atoms with Crippen LogP contribution in [0.25, 0.3) is 0 Å². The maximum Gasteiger partial charge on any atom is 0.143 e. The Bertz CT molecular complexity index is 1070. The van der Waals surface area contributed by atoms with E-state index < -0.39 is 14.3 Å². The second-order valence-electron chi connectivity index (χ2n) is 8.61. The van der Waals surface area contributed by atoms with Crippen LogP contribution in [0.15, 0.2) is 121 Å². The molecule has 0 aliphatic heterocycles. The van der Waals surface area contributed by atoms with E-state index in [1.807, 2.05) is 121 Å². The van der Waals surface area contributed by atoms with Crippen molar-refractivity contribution in [1.29, 1.82) is 0 Å². The third kappa shape index (κ3) is 5.50. The molecule has 0 amide bonds. The van der Waals surface area contributed by atoms with Gasteiger partial charge in [-0.25, -0.2) is 0 Å². The van der Waals surface area contributed by atoms with E-state index in [0.717, 1.165) is 21.2 Å². The van der Waals surface area contributed by atoms with E-state index in [-0.39, 0.29) is 6.04 Å². The molecule has 34 heavy (non-hydrogen) atoms. The molecular weight excluding hydrogens is 456 g/mol. The third-order valence-corrected chi connectivity index (χ3v) is 12.6. The lowest BCUT2D eigenvalue weighted by atomic mass is 10.2. The van der Waals surface area contributed by atoms with Crippen LogP contribution >= 0.6 is 14.3 Å². The topological polar surface area (TPSA) is 60.2 Å². The first kappa shape index (κ1) is 24.4. The van der Waals surface area contributed by atoms with E-state index >= 15 is 0 Å². The average Bonchev–Trinajstić information content (AvgIpc) is 2.92. The second kappa shape index (κ2) is 11.2. The van der Waals surface area contributed by atoms with Crippen LogP contribution < -0.4 is 27.0 Å². The largest absolute Gasteiger partial charge is 0.328 e. The lowest BCUT2D eigenvalue weighted by molar-refractivity contribution is 0.568. The van der Waals surface area contributed by atoms with Crippen molar-refractivity contribution in [2.45, 2.75) is 18.9 Å². The number of hydrogen-bond donors (Lipinski definition) is 1. The summed E-state index contributed by atoms with van der Waals surface area (Å²) in [6, 6.07) is 38.6. The minimum absolute atomic E-state index is 0.193. The Hall–Kier alpha value is -2.70. The van der Waals surface area contributed by atoms with E-state index in [0.29, 0.717) is 25.2 Å². The van der Waals surface area contributed by atoms with Crippen LogP contribution in [0.3, 0.4) is 0 Å². The Morgan fingerprint density at radius 1 is 0.471 bits per heavy atom. The van der Waals surface area contributed by atoms with Crippen molar-refractivity contribution >= 4 is 35.5 Å². The summed E-state index contributed by atoms with van der Waals surface area (Å²) in [6.07, 6.45) is 2.18. The van der Waals surface area contributed by atoms with Crippen LogP contribution in [-0.2, 0) is 9.13 Å². The normalized spacial score (nSPS) is 12.1. The van der Waals surface area contributed by atoms with Gasteiger partial charge in [-0.1, -0.05) is 121 Å². The quantitative estimate of drug-likeness (QED) is 0.316. The maximum atomic E-state index is 14.3. The van der Waals surface area contributed by atoms with Crippen molar-refractivity contribution in [3.05, 3.63) is 121 Å². The summed E-state index contributed by atoms with van der Waals surface area (Å²) >= 11 is 0. The molecule has 5 heteroatoms. The van der Waals surface area contributed by atoms with Gasteiger partial charge >= 0.3 is 0 Å². The first-order chi connectivity index (χ1) is 16.5. The molecule has 4 aromatic rings. The molecule has 0 aromatic heterocycles. The molecular formula is C29H31NO2P2. The van der Waals surface area contributed by atoms with Crippen LogP contribution in [-0.4, -0.2) is 18.4 Å². The highest BCUT2D eigenvalue weighted by Gasteiger charge is 2.30. The lowest BCUT2D eigenvalue weighted by Gasteiger charge is -2.23. The molecule has 2 N–H and O–H groups in total. The summed E-state index contributed by atoms with van der Waals surface area (Å²) in [7, 11) is -5.61. The van der Waals surface area contributed by atoms with E-state index in [9.17, 15) is 9.13 Å². The average molecular weight is 488 g/mol. The lowest BCUT2D eigenvalue weighted by Crippen LogP contribution is -2.28. The predicted molar refractivity (Wildman–Crippen MR) is 146 cm³/mol. The summed E-state index contributed by atoms with van der Waals surface area (Å²) in [5.74, 6) is 0. The minimum Gasteiger partial charge on any atom is -0.328 e. The fraction of sp³-hybridized carbons (Fsp3) is 0.172. The number of hydrogen-bond acceptors (Lipinski definition) is 3. The standard InChI is InChI=1S/C29H31NO2P2/c30-25(21-23-33(31,26-13-5-1-6-14-26)27-15-7-2-8-16-27)22-24-34(32,28-17-9-3-10-18-28)29-19-11-4-12-20-29/h1-20,25H,21-24,30H2. The van der Waals surface area contributed by atoms with Gasteiger partial charge in [-0.05, 0) is 12.8 Å².